The van der Waals surface area contributed by atoms with E-state index < -0.39 is 11.9 Å². The van der Waals surface area contributed by atoms with Gasteiger partial charge in [0.15, 0.2) is 0 Å². The minimum atomic E-state index is -0.845. The fourth-order valence-corrected chi connectivity index (χ4v) is 4.16. The minimum absolute atomic E-state index is 0.0242. The smallest absolute Gasteiger partial charge is 0.308 e. The van der Waals surface area contributed by atoms with E-state index in [9.17, 15) is 14.7 Å². The van der Waals surface area contributed by atoms with Crippen LogP contribution in [-0.4, -0.2) is 40.0 Å². The van der Waals surface area contributed by atoms with E-state index in [1.54, 1.807) is 4.90 Å². The molecule has 3 aromatic rings. The van der Waals surface area contributed by atoms with Crippen LogP contribution in [0.3, 0.4) is 0 Å². The van der Waals surface area contributed by atoms with Crippen molar-refractivity contribution in [2.75, 3.05) is 13.1 Å². The molecule has 5 heteroatoms. The number of carbonyl (C=O) groups is 2. The Bertz CT molecular complexity index is 993. The largest absolute Gasteiger partial charge is 0.481 e. The third kappa shape index (κ3) is 3.21. The van der Waals surface area contributed by atoms with Gasteiger partial charge in [0.2, 0.25) is 5.91 Å². The van der Waals surface area contributed by atoms with Gasteiger partial charge in [0.1, 0.15) is 0 Å². The van der Waals surface area contributed by atoms with Gasteiger partial charge in [-0.25, -0.2) is 0 Å². The Hall–Kier alpha value is -3.08. The van der Waals surface area contributed by atoms with Crippen molar-refractivity contribution in [3.8, 4) is 0 Å². The first-order valence-corrected chi connectivity index (χ1v) is 9.15. The lowest BCUT2D eigenvalue weighted by Gasteiger charge is -2.16. The molecule has 1 aromatic heterocycles. The van der Waals surface area contributed by atoms with E-state index in [-0.39, 0.29) is 24.8 Å². The number of likely N-dealkylation sites (tertiary alicyclic amines) is 1. The van der Waals surface area contributed by atoms with Crippen molar-refractivity contribution in [2.24, 2.45) is 5.92 Å². The summed E-state index contributed by atoms with van der Waals surface area (Å²) >= 11 is 0. The van der Waals surface area contributed by atoms with E-state index in [0.29, 0.717) is 6.54 Å². The Morgan fingerprint density at radius 1 is 1.11 bits per heavy atom. The number of fused-ring (bicyclic) bond motifs is 1. The molecule has 1 aliphatic heterocycles. The van der Waals surface area contributed by atoms with Crippen molar-refractivity contribution in [1.29, 1.82) is 0 Å². The number of carboxylic acid groups (broad SMARTS) is 1. The van der Waals surface area contributed by atoms with Crippen molar-refractivity contribution < 1.29 is 14.7 Å². The maximum absolute atomic E-state index is 12.9. The molecule has 138 valence electrons. The molecule has 2 atom stereocenters. The highest BCUT2D eigenvalue weighted by Crippen LogP contribution is 2.33. The monoisotopic (exact) mass is 362 g/mol. The van der Waals surface area contributed by atoms with Gasteiger partial charge in [-0.05, 0) is 29.7 Å². The molecule has 0 spiro atoms. The molecule has 1 amide bonds. The number of hydrogen-bond donors (Lipinski definition) is 2. The summed E-state index contributed by atoms with van der Waals surface area (Å²) in [6, 6.07) is 15.6. The fourth-order valence-electron chi connectivity index (χ4n) is 4.16. The van der Waals surface area contributed by atoms with E-state index in [1.165, 1.54) is 0 Å². The molecule has 4 rings (SSSR count). The van der Waals surface area contributed by atoms with E-state index in [2.05, 4.69) is 4.98 Å². The zero-order chi connectivity index (χ0) is 19.0. The lowest BCUT2D eigenvalue weighted by Crippen LogP contribution is -2.31. The molecule has 0 radical (unpaired) electrons. The maximum Gasteiger partial charge on any atom is 0.308 e. The molecule has 1 aliphatic rings. The number of carbonyl (C=O) groups excluding carboxylic acids is 1. The number of aryl methyl sites for hydroxylation is 1. The predicted octanol–water partition coefficient (Wildman–Crippen LogP) is 3.35. The van der Waals surface area contributed by atoms with E-state index in [4.69, 9.17) is 0 Å². The third-order valence-corrected chi connectivity index (χ3v) is 5.55. The number of benzene rings is 2. The third-order valence-electron chi connectivity index (χ3n) is 5.55. The number of amides is 1. The van der Waals surface area contributed by atoms with Gasteiger partial charge in [-0.3, -0.25) is 9.59 Å². The summed E-state index contributed by atoms with van der Waals surface area (Å²) in [5.74, 6) is -1.61. The summed E-state index contributed by atoms with van der Waals surface area (Å²) < 4.78 is 0. The number of nitrogens with one attached hydrogen (secondary N) is 1. The molecular weight excluding hydrogens is 340 g/mol. The first-order chi connectivity index (χ1) is 13.0. The molecule has 27 heavy (non-hydrogen) atoms. The highest BCUT2D eigenvalue weighted by Gasteiger charge is 2.40. The van der Waals surface area contributed by atoms with Crippen molar-refractivity contribution in [3.63, 3.8) is 0 Å². The van der Waals surface area contributed by atoms with Gasteiger partial charge in [-0.15, -0.1) is 0 Å². The molecule has 2 unspecified atom stereocenters. The molecular formula is C22H22N2O3. The fraction of sp³-hybridized carbons (Fsp3) is 0.273. The molecule has 1 saturated heterocycles. The second-order valence-electron chi connectivity index (χ2n) is 7.25. The van der Waals surface area contributed by atoms with Crippen LogP contribution < -0.4 is 0 Å². The number of aromatic amines is 1. The summed E-state index contributed by atoms with van der Waals surface area (Å²) in [4.78, 5) is 29.6. The van der Waals surface area contributed by atoms with Gasteiger partial charge in [0.05, 0.1) is 12.3 Å². The number of aromatic nitrogens is 1. The maximum atomic E-state index is 12.9. The Morgan fingerprint density at radius 3 is 2.63 bits per heavy atom. The zero-order valence-corrected chi connectivity index (χ0v) is 15.2. The Labute approximate surface area is 157 Å². The molecule has 0 bridgehead atoms. The molecule has 0 aliphatic carbocycles. The predicted molar refractivity (Wildman–Crippen MR) is 104 cm³/mol. The summed E-state index contributed by atoms with van der Waals surface area (Å²) in [7, 11) is 0. The van der Waals surface area contributed by atoms with Gasteiger partial charge < -0.3 is 15.0 Å². The molecule has 2 heterocycles. The highest BCUT2D eigenvalue weighted by molar-refractivity contribution is 5.91. The summed E-state index contributed by atoms with van der Waals surface area (Å²) in [5.41, 5.74) is 4.08. The van der Waals surface area contributed by atoms with Gasteiger partial charge in [0.25, 0.3) is 0 Å². The normalized spacial score (nSPS) is 19.5. The summed E-state index contributed by atoms with van der Waals surface area (Å²) in [6.45, 7) is 2.74. The zero-order valence-electron chi connectivity index (χ0n) is 15.2. The lowest BCUT2D eigenvalue weighted by molar-refractivity contribution is -0.141. The van der Waals surface area contributed by atoms with Crippen LogP contribution in [0.2, 0.25) is 0 Å². The number of nitrogens with zero attached hydrogens (tertiary/aromatic N) is 1. The number of carboxylic acids is 1. The van der Waals surface area contributed by atoms with Crippen LogP contribution in [0.5, 0.6) is 0 Å². The van der Waals surface area contributed by atoms with Crippen LogP contribution in [0.4, 0.5) is 0 Å². The van der Waals surface area contributed by atoms with Crippen LogP contribution >= 0.6 is 0 Å². The van der Waals surface area contributed by atoms with Crippen LogP contribution in [0, 0.1) is 12.8 Å². The number of H-pyrrole nitrogens is 1. The van der Waals surface area contributed by atoms with Crippen LogP contribution in [0.1, 0.15) is 22.6 Å². The molecule has 1 fully saturated rings. The molecule has 2 aromatic carbocycles. The van der Waals surface area contributed by atoms with E-state index >= 15 is 0 Å². The van der Waals surface area contributed by atoms with Crippen molar-refractivity contribution >= 4 is 22.8 Å². The summed E-state index contributed by atoms with van der Waals surface area (Å²) in [5, 5.41) is 10.7. The first-order valence-electron chi connectivity index (χ1n) is 9.15. The minimum Gasteiger partial charge on any atom is -0.481 e. The average Bonchev–Trinajstić information content (AvgIpc) is 3.28. The van der Waals surface area contributed by atoms with Gasteiger partial charge in [-0.2, -0.15) is 0 Å². The summed E-state index contributed by atoms with van der Waals surface area (Å²) in [6.07, 6.45) is 2.16. The second-order valence-corrected chi connectivity index (χ2v) is 7.25. The van der Waals surface area contributed by atoms with E-state index in [0.717, 1.165) is 27.6 Å². The second kappa shape index (κ2) is 6.91. The molecule has 2 N–H and O–H groups in total. The van der Waals surface area contributed by atoms with Gasteiger partial charge in [0, 0.05) is 36.1 Å². The number of hydrogen-bond acceptors (Lipinski definition) is 2. The first kappa shape index (κ1) is 17.3. The standard InChI is InChI=1S/C22H22N2O3/c1-14-6-5-9-19-21(14)16(11-23-19)10-20(25)24-12-17(18(13-24)22(26)27)15-7-3-2-4-8-15/h2-9,11,17-18,23H,10,12-13H2,1H3,(H,26,27). The van der Waals surface area contributed by atoms with Gasteiger partial charge >= 0.3 is 5.97 Å². The van der Waals surface area contributed by atoms with Crippen molar-refractivity contribution in [2.45, 2.75) is 19.3 Å². The lowest BCUT2D eigenvalue weighted by atomic mass is 9.89. The quantitative estimate of drug-likeness (QED) is 0.747. The van der Waals surface area contributed by atoms with Crippen LogP contribution in [-0.2, 0) is 16.0 Å². The number of rotatable bonds is 4. The van der Waals surface area contributed by atoms with Crippen molar-refractivity contribution in [3.05, 3.63) is 71.4 Å². The van der Waals surface area contributed by atoms with Crippen LogP contribution in [0.15, 0.2) is 54.7 Å². The Kier molecular flexibility index (Phi) is 4.44. The molecule has 0 saturated carbocycles. The highest BCUT2D eigenvalue weighted by atomic mass is 16.4. The van der Waals surface area contributed by atoms with Crippen molar-refractivity contribution in [1.82, 2.24) is 9.88 Å². The SMILES string of the molecule is Cc1cccc2[nH]cc(CC(=O)N3CC(C(=O)O)C(c4ccccc4)C3)c12. The van der Waals surface area contributed by atoms with E-state index in [1.807, 2.05) is 61.7 Å². The van der Waals surface area contributed by atoms with Gasteiger partial charge in [-0.1, -0.05) is 42.5 Å². The average molecular weight is 362 g/mol. The van der Waals surface area contributed by atoms with Crippen LogP contribution in [0.25, 0.3) is 10.9 Å². The Morgan fingerprint density at radius 2 is 1.89 bits per heavy atom. The topological polar surface area (TPSA) is 73.4 Å². The Balaban J connectivity index is 1.56. The number of aliphatic carboxylic acids is 1. The molecule has 5 nitrogen and oxygen atoms in total.